The van der Waals surface area contributed by atoms with E-state index in [4.69, 9.17) is 16.3 Å². The Hall–Kier alpha value is -0.570. The molecular formula is C13H17ClO2. The third-order valence-corrected chi connectivity index (χ3v) is 3.66. The maximum Gasteiger partial charge on any atom is 0.0919 e. The summed E-state index contributed by atoms with van der Waals surface area (Å²) in [6, 6.07) is 5.80. The molecule has 0 amide bonds. The minimum atomic E-state index is -0.770. The van der Waals surface area contributed by atoms with Gasteiger partial charge in [-0.05, 0) is 37.0 Å². The van der Waals surface area contributed by atoms with Gasteiger partial charge in [0, 0.05) is 24.7 Å². The first-order valence-corrected chi connectivity index (χ1v) is 6.06. The van der Waals surface area contributed by atoms with Crippen LogP contribution in [0.4, 0.5) is 0 Å². The molecule has 0 saturated carbocycles. The van der Waals surface area contributed by atoms with Crippen molar-refractivity contribution >= 4 is 11.6 Å². The minimum Gasteiger partial charge on any atom is -0.385 e. The zero-order valence-electron chi connectivity index (χ0n) is 9.50. The Labute approximate surface area is 101 Å². The minimum absolute atomic E-state index is 0.613. The Morgan fingerprint density at radius 1 is 1.31 bits per heavy atom. The number of hydrogen-bond donors (Lipinski definition) is 1. The molecule has 1 unspecified atom stereocenters. The molecule has 0 bridgehead atoms. The summed E-state index contributed by atoms with van der Waals surface area (Å²) in [6.45, 7) is 3.32. The average Bonchev–Trinajstić information content (AvgIpc) is 2.48. The van der Waals surface area contributed by atoms with Gasteiger partial charge in [0.2, 0.25) is 0 Å². The maximum atomic E-state index is 10.6. The number of rotatable bonds is 1. The van der Waals surface area contributed by atoms with Gasteiger partial charge in [0.15, 0.2) is 0 Å². The molecule has 0 aliphatic carbocycles. The summed E-state index contributed by atoms with van der Waals surface area (Å²) in [6.07, 6.45) is 2.28. The van der Waals surface area contributed by atoms with Gasteiger partial charge in [-0.25, -0.2) is 0 Å². The molecule has 2 rings (SSSR count). The molecule has 1 heterocycles. The highest BCUT2D eigenvalue weighted by molar-refractivity contribution is 6.31. The van der Waals surface area contributed by atoms with Crippen LogP contribution < -0.4 is 0 Å². The lowest BCUT2D eigenvalue weighted by atomic mass is 9.86. The zero-order valence-corrected chi connectivity index (χ0v) is 10.3. The first kappa shape index (κ1) is 11.9. The van der Waals surface area contributed by atoms with E-state index < -0.39 is 5.60 Å². The van der Waals surface area contributed by atoms with Gasteiger partial charge in [-0.15, -0.1) is 0 Å². The van der Waals surface area contributed by atoms with Crippen molar-refractivity contribution < 1.29 is 9.84 Å². The van der Waals surface area contributed by atoms with Crippen molar-refractivity contribution in [2.75, 3.05) is 13.2 Å². The molecule has 1 atom stereocenters. The molecule has 1 N–H and O–H groups in total. The third kappa shape index (κ3) is 2.40. The molecule has 1 aromatic rings. The van der Waals surface area contributed by atoms with Crippen molar-refractivity contribution in [2.45, 2.75) is 31.8 Å². The second-order valence-electron chi connectivity index (χ2n) is 4.46. The van der Waals surface area contributed by atoms with Crippen molar-refractivity contribution in [2.24, 2.45) is 0 Å². The van der Waals surface area contributed by atoms with Crippen molar-refractivity contribution in [1.29, 1.82) is 0 Å². The van der Waals surface area contributed by atoms with Gasteiger partial charge in [-0.3, -0.25) is 0 Å². The highest BCUT2D eigenvalue weighted by Crippen LogP contribution is 2.34. The summed E-state index contributed by atoms with van der Waals surface area (Å²) in [4.78, 5) is 0. The van der Waals surface area contributed by atoms with E-state index in [9.17, 15) is 5.11 Å². The first-order chi connectivity index (χ1) is 7.62. The van der Waals surface area contributed by atoms with Crippen LogP contribution in [0.15, 0.2) is 18.2 Å². The number of aryl methyl sites for hydroxylation is 1. The molecule has 88 valence electrons. The van der Waals surface area contributed by atoms with Crippen LogP contribution >= 0.6 is 11.6 Å². The second kappa shape index (κ2) is 4.74. The standard InChI is InChI=1S/C13H17ClO2/c1-10-3-4-11(9-12(10)14)13(15)5-2-7-16-8-6-13/h3-4,9,15H,2,5-8H2,1H3. The van der Waals surface area contributed by atoms with Gasteiger partial charge in [0.25, 0.3) is 0 Å². The van der Waals surface area contributed by atoms with E-state index in [0.717, 1.165) is 35.6 Å². The number of halogens is 1. The molecule has 16 heavy (non-hydrogen) atoms. The molecule has 0 spiro atoms. The van der Waals surface area contributed by atoms with E-state index in [0.29, 0.717) is 13.0 Å². The van der Waals surface area contributed by atoms with Gasteiger partial charge in [-0.2, -0.15) is 0 Å². The predicted molar refractivity (Wildman–Crippen MR) is 64.8 cm³/mol. The van der Waals surface area contributed by atoms with Crippen molar-refractivity contribution in [3.8, 4) is 0 Å². The monoisotopic (exact) mass is 240 g/mol. The maximum absolute atomic E-state index is 10.6. The molecule has 1 saturated heterocycles. The molecule has 1 aliphatic heterocycles. The van der Waals surface area contributed by atoms with Gasteiger partial charge >= 0.3 is 0 Å². The average molecular weight is 241 g/mol. The number of ether oxygens (including phenoxy) is 1. The lowest BCUT2D eigenvalue weighted by Crippen LogP contribution is -2.25. The van der Waals surface area contributed by atoms with Crippen LogP contribution in [0, 0.1) is 6.92 Å². The normalized spacial score (nSPS) is 26.4. The van der Waals surface area contributed by atoms with Gasteiger partial charge in [0.05, 0.1) is 5.60 Å². The van der Waals surface area contributed by atoms with Crippen LogP contribution in [0.5, 0.6) is 0 Å². The van der Waals surface area contributed by atoms with Crippen LogP contribution in [0.25, 0.3) is 0 Å². The quantitative estimate of drug-likeness (QED) is 0.818. The zero-order chi connectivity index (χ0) is 11.6. The summed E-state index contributed by atoms with van der Waals surface area (Å²) < 4.78 is 5.37. The van der Waals surface area contributed by atoms with E-state index in [2.05, 4.69) is 0 Å². The Morgan fingerprint density at radius 2 is 2.12 bits per heavy atom. The molecule has 3 heteroatoms. The molecule has 0 radical (unpaired) electrons. The van der Waals surface area contributed by atoms with Crippen LogP contribution in [0.1, 0.15) is 30.4 Å². The van der Waals surface area contributed by atoms with Crippen LogP contribution in [-0.4, -0.2) is 18.3 Å². The fraction of sp³-hybridized carbons (Fsp3) is 0.538. The summed E-state index contributed by atoms with van der Waals surface area (Å²) >= 11 is 6.09. The van der Waals surface area contributed by atoms with Gasteiger partial charge in [-0.1, -0.05) is 23.7 Å². The topological polar surface area (TPSA) is 29.5 Å². The van der Waals surface area contributed by atoms with Crippen molar-refractivity contribution in [3.63, 3.8) is 0 Å². The molecule has 1 aromatic carbocycles. The van der Waals surface area contributed by atoms with E-state index in [1.165, 1.54) is 0 Å². The second-order valence-corrected chi connectivity index (χ2v) is 4.87. The summed E-state index contributed by atoms with van der Waals surface area (Å²) in [5.41, 5.74) is 1.18. The van der Waals surface area contributed by atoms with Crippen LogP contribution in [-0.2, 0) is 10.3 Å². The number of benzene rings is 1. The lowest BCUT2D eigenvalue weighted by Gasteiger charge is -2.27. The van der Waals surface area contributed by atoms with E-state index in [-0.39, 0.29) is 0 Å². The number of hydrogen-bond acceptors (Lipinski definition) is 2. The number of aliphatic hydroxyl groups is 1. The van der Waals surface area contributed by atoms with Crippen LogP contribution in [0.2, 0.25) is 5.02 Å². The Kier molecular flexibility index (Phi) is 3.53. The van der Waals surface area contributed by atoms with Gasteiger partial charge in [0.1, 0.15) is 0 Å². The summed E-state index contributed by atoms with van der Waals surface area (Å²) in [5.74, 6) is 0. The fourth-order valence-electron chi connectivity index (χ4n) is 2.11. The Morgan fingerprint density at radius 3 is 2.88 bits per heavy atom. The van der Waals surface area contributed by atoms with E-state index in [1.54, 1.807) is 0 Å². The predicted octanol–water partition coefficient (Wildman–Crippen LogP) is 3.04. The highest BCUT2D eigenvalue weighted by Gasteiger charge is 2.30. The molecule has 1 fully saturated rings. The third-order valence-electron chi connectivity index (χ3n) is 3.25. The fourth-order valence-corrected chi connectivity index (χ4v) is 2.29. The highest BCUT2D eigenvalue weighted by atomic mass is 35.5. The van der Waals surface area contributed by atoms with E-state index >= 15 is 0 Å². The van der Waals surface area contributed by atoms with Crippen molar-refractivity contribution in [1.82, 2.24) is 0 Å². The van der Waals surface area contributed by atoms with Crippen LogP contribution in [0.3, 0.4) is 0 Å². The molecule has 2 nitrogen and oxygen atoms in total. The largest absolute Gasteiger partial charge is 0.385 e. The first-order valence-electron chi connectivity index (χ1n) is 5.69. The van der Waals surface area contributed by atoms with Crippen molar-refractivity contribution in [3.05, 3.63) is 34.3 Å². The smallest absolute Gasteiger partial charge is 0.0919 e. The SMILES string of the molecule is Cc1ccc(C2(O)CCCOCC2)cc1Cl. The molecular weight excluding hydrogens is 224 g/mol. The Bertz CT molecular complexity index is 368. The Balaban J connectivity index is 2.29. The molecule has 1 aliphatic rings. The summed E-state index contributed by atoms with van der Waals surface area (Å²) in [7, 11) is 0. The molecule has 0 aromatic heterocycles. The summed E-state index contributed by atoms with van der Waals surface area (Å²) in [5, 5.41) is 11.3. The van der Waals surface area contributed by atoms with E-state index in [1.807, 2.05) is 25.1 Å². The lowest BCUT2D eigenvalue weighted by molar-refractivity contribution is 0.0144. The van der Waals surface area contributed by atoms with Gasteiger partial charge < -0.3 is 9.84 Å².